The van der Waals surface area contributed by atoms with Gasteiger partial charge in [-0.3, -0.25) is 4.72 Å². The van der Waals surface area contributed by atoms with Crippen molar-refractivity contribution in [3.8, 4) is 0 Å². The number of nitrogens with one attached hydrogen (secondary N) is 1. The zero-order valence-corrected chi connectivity index (χ0v) is 12.5. The van der Waals surface area contributed by atoms with E-state index >= 15 is 0 Å². The lowest BCUT2D eigenvalue weighted by molar-refractivity contribution is 0.600. The molecule has 1 heterocycles. The van der Waals surface area contributed by atoms with Crippen LogP contribution in [-0.4, -0.2) is 19.2 Å². The van der Waals surface area contributed by atoms with Crippen molar-refractivity contribution in [2.24, 2.45) is 0 Å². The van der Waals surface area contributed by atoms with Crippen LogP contribution >= 0.6 is 15.9 Å². The number of hydrogen-bond donors (Lipinski definition) is 1. The maximum Gasteiger partial charge on any atom is 0.234 e. The molecule has 6 heteroatoms. The highest BCUT2D eigenvalue weighted by atomic mass is 79.9. The second-order valence-electron chi connectivity index (χ2n) is 3.99. The van der Waals surface area contributed by atoms with Crippen LogP contribution in [0.4, 0.5) is 5.82 Å². The molecule has 1 aromatic heterocycles. The number of sulfonamides is 1. The number of anilines is 1. The number of pyridine rings is 1. The van der Waals surface area contributed by atoms with E-state index in [1.165, 1.54) is 0 Å². The molecule has 0 spiro atoms. The van der Waals surface area contributed by atoms with Gasteiger partial charge in [0.15, 0.2) is 5.82 Å². The molecule has 0 unspecified atom stereocenters. The number of rotatable bonds is 5. The Kier molecular flexibility index (Phi) is 4.55. The highest BCUT2D eigenvalue weighted by Gasteiger charge is 2.13. The van der Waals surface area contributed by atoms with Crippen molar-refractivity contribution in [2.75, 3.05) is 10.5 Å². The monoisotopic (exact) mass is 340 g/mol. The number of nitrogens with zero attached hydrogens (tertiary/aromatic N) is 1. The molecule has 1 N–H and O–H groups in total. The predicted octanol–water partition coefficient (Wildman–Crippen LogP) is 2.83. The Morgan fingerprint density at radius 2 is 1.84 bits per heavy atom. The van der Waals surface area contributed by atoms with Gasteiger partial charge in [-0.05, 0) is 40.0 Å². The lowest BCUT2D eigenvalue weighted by Gasteiger charge is -2.08. The van der Waals surface area contributed by atoms with Crippen molar-refractivity contribution in [3.63, 3.8) is 0 Å². The minimum Gasteiger partial charge on any atom is -0.266 e. The first-order chi connectivity index (χ1) is 9.07. The van der Waals surface area contributed by atoms with E-state index in [0.717, 1.165) is 5.56 Å². The number of benzene rings is 1. The minimum absolute atomic E-state index is 0.0278. The van der Waals surface area contributed by atoms with E-state index in [9.17, 15) is 8.42 Å². The van der Waals surface area contributed by atoms with Gasteiger partial charge in [-0.2, -0.15) is 0 Å². The van der Waals surface area contributed by atoms with Crippen molar-refractivity contribution in [1.82, 2.24) is 4.98 Å². The van der Waals surface area contributed by atoms with E-state index in [2.05, 4.69) is 25.6 Å². The third-order valence-electron chi connectivity index (χ3n) is 2.51. The summed E-state index contributed by atoms with van der Waals surface area (Å²) in [4.78, 5) is 3.98. The third-order valence-corrected chi connectivity index (χ3v) is 4.40. The molecule has 2 aromatic rings. The number of aromatic nitrogens is 1. The van der Waals surface area contributed by atoms with Gasteiger partial charge in [0.1, 0.15) is 0 Å². The largest absolute Gasteiger partial charge is 0.266 e. The highest BCUT2D eigenvalue weighted by molar-refractivity contribution is 9.10. The standard InChI is InChI=1S/C13H13BrN2O2S/c14-12-7-4-9-15-13(12)16-19(17,18)10-8-11-5-2-1-3-6-11/h1-7,9H,8,10H2,(H,15,16). The molecule has 0 saturated heterocycles. The summed E-state index contributed by atoms with van der Waals surface area (Å²) >= 11 is 3.26. The molecule has 0 atom stereocenters. The molecular formula is C13H13BrN2O2S. The fraction of sp³-hybridized carbons (Fsp3) is 0.154. The average molecular weight is 341 g/mol. The summed E-state index contributed by atoms with van der Waals surface area (Å²) in [6.07, 6.45) is 2.01. The van der Waals surface area contributed by atoms with Crippen LogP contribution in [-0.2, 0) is 16.4 Å². The molecule has 0 saturated carbocycles. The van der Waals surface area contributed by atoms with Gasteiger partial charge in [-0.25, -0.2) is 13.4 Å². The molecule has 1 aromatic carbocycles. The number of hydrogen-bond acceptors (Lipinski definition) is 3. The van der Waals surface area contributed by atoms with Gasteiger partial charge in [-0.15, -0.1) is 0 Å². The first kappa shape index (κ1) is 14.0. The normalized spacial score (nSPS) is 11.2. The summed E-state index contributed by atoms with van der Waals surface area (Å²) in [6.45, 7) is 0. The maximum atomic E-state index is 12.0. The Morgan fingerprint density at radius 1 is 1.11 bits per heavy atom. The molecule has 0 fully saturated rings. The van der Waals surface area contributed by atoms with Gasteiger partial charge < -0.3 is 0 Å². The predicted molar refractivity (Wildman–Crippen MR) is 79.5 cm³/mol. The Labute approximate surface area is 121 Å². The first-order valence-corrected chi connectivity index (χ1v) is 8.16. The van der Waals surface area contributed by atoms with Crippen molar-refractivity contribution in [1.29, 1.82) is 0 Å². The number of halogens is 1. The Hall–Kier alpha value is -1.40. The summed E-state index contributed by atoms with van der Waals surface area (Å²) in [7, 11) is -3.40. The van der Waals surface area contributed by atoms with Gasteiger partial charge in [0.25, 0.3) is 0 Å². The Bertz CT molecular complexity index is 645. The highest BCUT2D eigenvalue weighted by Crippen LogP contribution is 2.19. The van der Waals surface area contributed by atoms with E-state index in [4.69, 9.17) is 0 Å². The molecule has 4 nitrogen and oxygen atoms in total. The summed E-state index contributed by atoms with van der Waals surface area (Å²) < 4.78 is 27.0. The summed E-state index contributed by atoms with van der Waals surface area (Å²) in [5.41, 5.74) is 0.993. The smallest absolute Gasteiger partial charge is 0.234 e. The van der Waals surface area contributed by atoms with Crippen LogP contribution in [0.3, 0.4) is 0 Å². The van der Waals surface area contributed by atoms with E-state index in [0.29, 0.717) is 16.7 Å². The average Bonchev–Trinajstić information content (AvgIpc) is 2.40. The van der Waals surface area contributed by atoms with Gasteiger partial charge in [0, 0.05) is 6.20 Å². The SMILES string of the molecule is O=S(=O)(CCc1ccccc1)Nc1ncccc1Br. The third kappa shape index (κ3) is 4.33. The second-order valence-corrected chi connectivity index (χ2v) is 6.69. The van der Waals surface area contributed by atoms with Crippen LogP contribution in [0.5, 0.6) is 0 Å². The van der Waals surface area contributed by atoms with Crippen LogP contribution in [0.15, 0.2) is 53.1 Å². The Balaban J connectivity index is 2.02. The van der Waals surface area contributed by atoms with Gasteiger partial charge in [0.05, 0.1) is 10.2 Å². The van der Waals surface area contributed by atoms with Gasteiger partial charge in [0.2, 0.25) is 10.0 Å². The number of aryl methyl sites for hydroxylation is 1. The summed E-state index contributed by atoms with van der Waals surface area (Å²) in [5, 5.41) is 0. The van der Waals surface area contributed by atoms with Crippen molar-refractivity contribution < 1.29 is 8.42 Å². The molecule has 100 valence electrons. The van der Waals surface area contributed by atoms with E-state index in [1.807, 2.05) is 30.3 Å². The molecule has 0 aliphatic heterocycles. The molecule has 0 radical (unpaired) electrons. The van der Waals surface area contributed by atoms with Crippen LogP contribution in [0, 0.1) is 0 Å². The van der Waals surface area contributed by atoms with Gasteiger partial charge >= 0.3 is 0 Å². The Morgan fingerprint density at radius 3 is 2.53 bits per heavy atom. The first-order valence-electron chi connectivity index (χ1n) is 5.72. The lowest BCUT2D eigenvalue weighted by Crippen LogP contribution is -2.19. The van der Waals surface area contributed by atoms with Crippen molar-refractivity contribution in [3.05, 3.63) is 58.7 Å². The zero-order valence-electron chi connectivity index (χ0n) is 10.1. The maximum absolute atomic E-state index is 12.0. The molecule has 0 bridgehead atoms. The second kappa shape index (κ2) is 6.16. The minimum atomic E-state index is -3.40. The molecule has 19 heavy (non-hydrogen) atoms. The topological polar surface area (TPSA) is 59.1 Å². The van der Waals surface area contributed by atoms with Crippen molar-refractivity contribution >= 4 is 31.8 Å². The van der Waals surface area contributed by atoms with E-state index < -0.39 is 10.0 Å². The lowest BCUT2D eigenvalue weighted by atomic mass is 10.2. The summed E-state index contributed by atoms with van der Waals surface area (Å²) in [5.74, 6) is 0.343. The summed E-state index contributed by atoms with van der Waals surface area (Å²) in [6, 6.07) is 13.0. The van der Waals surface area contributed by atoms with Crippen molar-refractivity contribution in [2.45, 2.75) is 6.42 Å². The van der Waals surface area contributed by atoms with Crippen LogP contribution in [0.2, 0.25) is 0 Å². The molecule has 0 aliphatic carbocycles. The molecule has 2 rings (SSSR count). The van der Waals surface area contributed by atoms with Crippen LogP contribution in [0.25, 0.3) is 0 Å². The van der Waals surface area contributed by atoms with Crippen LogP contribution < -0.4 is 4.72 Å². The van der Waals surface area contributed by atoms with E-state index in [1.54, 1.807) is 18.3 Å². The fourth-order valence-electron chi connectivity index (χ4n) is 1.56. The fourth-order valence-corrected chi connectivity index (χ4v) is 3.11. The van der Waals surface area contributed by atoms with Crippen LogP contribution in [0.1, 0.15) is 5.56 Å². The molecule has 0 aliphatic rings. The quantitative estimate of drug-likeness (QED) is 0.910. The van der Waals surface area contributed by atoms with Gasteiger partial charge in [-0.1, -0.05) is 30.3 Å². The van der Waals surface area contributed by atoms with E-state index in [-0.39, 0.29) is 5.75 Å². The zero-order chi connectivity index (χ0) is 13.7. The molecule has 0 amide bonds. The molecular weight excluding hydrogens is 328 g/mol.